The van der Waals surface area contributed by atoms with Gasteiger partial charge < -0.3 is 29.6 Å². The van der Waals surface area contributed by atoms with Crippen LogP contribution in [0.2, 0.25) is 0 Å². The first kappa shape index (κ1) is 23.0. The van der Waals surface area contributed by atoms with Gasteiger partial charge in [0.2, 0.25) is 0 Å². The number of fused-ring (bicyclic) bond motifs is 1. The number of piperazine rings is 1. The zero-order valence-corrected chi connectivity index (χ0v) is 20.6. The molecular weight excluding hydrogens is 428 g/mol. The molecule has 182 valence electrons. The fourth-order valence-electron chi connectivity index (χ4n) is 4.64. The SMILES string of the molecule is Cc1[nH]c2ccc(Nc3cc(OCCN4CCN(C)CC4)cc(N4CCOCC4)n3)cc2c1C. The van der Waals surface area contributed by atoms with Gasteiger partial charge in [0.25, 0.3) is 0 Å². The highest BCUT2D eigenvalue weighted by molar-refractivity contribution is 5.88. The summed E-state index contributed by atoms with van der Waals surface area (Å²) < 4.78 is 11.8. The first-order chi connectivity index (χ1) is 16.5. The molecule has 2 aromatic heterocycles. The second-order valence-corrected chi connectivity index (χ2v) is 9.40. The number of nitrogens with one attached hydrogen (secondary N) is 2. The number of aryl methyl sites for hydroxylation is 2. The number of ether oxygens (including phenoxy) is 2. The van der Waals surface area contributed by atoms with E-state index in [1.807, 2.05) is 6.07 Å². The molecule has 4 heterocycles. The van der Waals surface area contributed by atoms with Crippen LogP contribution in [0.4, 0.5) is 17.3 Å². The van der Waals surface area contributed by atoms with Crippen LogP contribution in [0, 0.1) is 13.8 Å². The van der Waals surface area contributed by atoms with Gasteiger partial charge in [-0.1, -0.05) is 0 Å². The van der Waals surface area contributed by atoms with Gasteiger partial charge in [0.1, 0.15) is 24.0 Å². The van der Waals surface area contributed by atoms with E-state index in [0.29, 0.717) is 6.61 Å². The molecule has 0 amide bonds. The maximum atomic E-state index is 6.24. The summed E-state index contributed by atoms with van der Waals surface area (Å²) in [7, 11) is 2.18. The molecule has 2 aliphatic rings. The fourth-order valence-corrected chi connectivity index (χ4v) is 4.64. The van der Waals surface area contributed by atoms with Crippen LogP contribution in [-0.4, -0.2) is 92.4 Å². The lowest BCUT2D eigenvalue weighted by molar-refractivity contribution is 0.122. The number of hydrogen-bond donors (Lipinski definition) is 2. The maximum Gasteiger partial charge on any atom is 0.136 e. The zero-order valence-electron chi connectivity index (χ0n) is 20.6. The Morgan fingerprint density at radius 1 is 1.03 bits per heavy atom. The Kier molecular flexibility index (Phi) is 6.89. The molecule has 2 N–H and O–H groups in total. The van der Waals surface area contributed by atoms with Gasteiger partial charge in [0.15, 0.2) is 0 Å². The molecule has 1 aromatic carbocycles. The van der Waals surface area contributed by atoms with Gasteiger partial charge in [-0.15, -0.1) is 0 Å². The van der Waals surface area contributed by atoms with E-state index in [0.717, 1.165) is 87.6 Å². The van der Waals surface area contributed by atoms with E-state index in [2.05, 4.69) is 70.2 Å². The van der Waals surface area contributed by atoms with Gasteiger partial charge in [0.05, 0.1) is 13.2 Å². The summed E-state index contributed by atoms with van der Waals surface area (Å²) in [4.78, 5) is 15.5. The third-order valence-electron chi connectivity index (χ3n) is 6.97. The van der Waals surface area contributed by atoms with Crippen molar-refractivity contribution < 1.29 is 9.47 Å². The minimum atomic E-state index is 0.670. The molecule has 2 aliphatic heterocycles. The van der Waals surface area contributed by atoms with Crippen LogP contribution in [0.25, 0.3) is 10.9 Å². The van der Waals surface area contributed by atoms with Crippen molar-refractivity contribution in [2.24, 2.45) is 0 Å². The molecule has 5 rings (SSSR count). The Hall–Kier alpha value is -2.81. The smallest absolute Gasteiger partial charge is 0.136 e. The lowest BCUT2D eigenvalue weighted by atomic mass is 10.1. The molecule has 2 fully saturated rings. The van der Waals surface area contributed by atoms with Crippen molar-refractivity contribution in [3.63, 3.8) is 0 Å². The number of likely N-dealkylation sites (N-methyl/N-ethyl adjacent to an activating group) is 1. The van der Waals surface area contributed by atoms with E-state index < -0.39 is 0 Å². The lowest BCUT2D eigenvalue weighted by Gasteiger charge is -2.32. The highest BCUT2D eigenvalue weighted by atomic mass is 16.5. The average Bonchev–Trinajstić information content (AvgIpc) is 3.14. The Morgan fingerprint density at radius 3 is 2.62 bits per heavy atom. The average molecular weight is 465 g/mol. The predicted molar refractivity (Wildman–Crippen MR) is 138 cm³/mol. The molecular formula is C26H36N6O2. The first-order valence-corrected chi connectivity index (χ1v) is 12.3. The summed E-state index contributed by atoms with van der Waals surface area (Å²) in [5.74, 6) is 2.57. The van der Waals surface area contributed by atoms with Gasteiger partial charge in [-0.25, -0.2) is 4.98 Å². The normalized spacial score (nSPS) is 17.9. The standard InChI is InChI=1S/C26H36N6O2/c1-19-20(2)27-24-5-4-21(16-23(19)24)28-25-17-22(18-26(29-25)32-11-13-33-14-12-32)34-15-10-31-8-6-30(3)7-9-31/h4-5,16-18,27H,6-15H2,1-3H3,(H,28,29). The first-order valence-electron chi connectivity index (χ1n) is 12.3. The van der Waals surface area contributed by atoms with Crippen molar-refractivity contribution in [1.29, 1.82) is 0 Å². The quantitative estimate of drug-likeness (QED) is 0.556. The molecule has 0 atom stereocenters. The molecule has 8 heteroatoms. The van der Waals surface area contributed by atoms with Gasteiger partial charge in [-0.2, -0.15) is 0 Å². The van der Waals surface area contributed by atoms with Gasteiger partial charge >= 0.3 is 0 Å². The second kappa shape index (κ2) is 10.2. The summed E-state index contributed by atoms with van der Waals surface area (Å²) in [6.07, 6.45) is 0. The Morgan fingerprint density at radius 2 is 1.82 bits per heavy atom. The number of benzene rings is 1. The van der Waals surface area contributed by atoms with E-state index >= 15 is 0 Å². The van der Waals surface area contributed by atoms with Crippen molar-refractivity contribution in [2.45, 2.75) is 13.8 Å². The zero-order chi connectivity index (χ0) is 23.5. The lowest BCUT2D eigenvalue weighted by Crippen LogP contribution is -2.45. The minimum absolute atomic E-state index is 0.670. The van der Waals surface area contributed by atoms with Gasteiger partial charge in [0, 0.05) is 80.2 Å². The number of H-pyrrole nitrogens is 1. The molecule has 0 saturated carbocycles. The third-order valence-corrected chi connectivity index (χ3v) is 6.97. The van der Waals surface area contributed by atoms with E-state index in [4.69, 9.17) is 14.5 Å². The minimum Gasteiger partial charge on any atom is -0.492 e. The number of nitrogens with zero attached hydrogens (tertiary/aromatic N) is 4. The molecule has 2 saturated heterocycles. The summed E-state index contributed by atoms with van der Waals surface area (Å²) in [5, 5.41) is 4.75. The predicted octanol–water partition coefficient (Wildman–Crippen LogP) is 3.39. The second-order valence-electron chi connectivity index (χ2n) is 9.40. The highest BCUT2D eigenvalue weighted by Crippen LogP contribution is 2.29. The van der Waals surface area contributed by atoms with Crippen LogP contribution in [0.3, 0.4) is 0 Å². The molecule has 0 aliphatic carbocycles. The van der Waals surface area contributed by atoms with E-state index in [9.17, 15) is 0 Å². The van der Waals surface area contributed by atoms with Crippen LogP contribution >= 0.6 is 0 Å². The molecule has 3 aromatic rings. The van der Waals surface area contributed by atoms with Crippen molar-refractivity contribution >= 4 is 28.2 Å². The number of aromatic nitrogens is 2. The van der Waals surface area contributed by atoms with Gasteiger partial charge in [-0.3, -0.25) is 4.90 Å². The van der Waals surface area contributed by atoms with E-state index in [1.165, 1.54) is 16.6 Å². The largest absolute Gasteiger partial charge is 0.492 e. The van der Waals surface area contributed by atoms with Gasteiger partial charge in [-0.05, 0) is 44.7 Å². The summed E-state index contributed by atoms with van der Waals surface area (Å²) in [6.45, 7) is 13.4. The third kappa shape index (κ3) is 5.29. The Balaban J connectivity index is 1.33. The molecule has 0 bridgehead atoms. The highest BCUT2D eigenvalue weighted by Gasteiger charge is 2.17. The number of pyridine rings is 1. The Bertz CT molecular complexity index is 1120. The van der Waals surface area contributed by atoms with Crippen LogP contribution in [0.1, 0.15) is 11.3 Å². The number of rotatable bonds is 7. The van der Waals surface area contributed by atoms with Crippen molar-refractivity contribution in [1.82, 2.24) is 19.8 Å². The summed E-state index contributed by atoms with van der Waals surface area (Å²) >= 11 is 0. The number of anilines is 3. The summed E-state index contributed by atoms with van der Waals surface area (Å²) in [6, 6.07) is 10.5. The summed E-state index contributed by atoms with van der Waals surface area (Å²) in [5.41, 5.74) is 4.66. The topological polar surface area (TPSA) is 68.9 Å². The van der Waals surface area contributed by atoms with Crippen molar-refractivity contribution in [3.8, 4) is 5.75 Å². The molecule has 8 nitrogen and oxygen atoms in total. The van der Waals surface area contributed by atoms with Crippen molar-refractivity contribution in [3.05, 3.63) is 41.6 Å². The van der Waals surface area contributed by atoms with E-state index in [1.54, 1.807) is 0 Å². The number of morpholine rings is 1. The molecule has 34 heavy (non-hydrogen) atoms. The van der Waals surface area contributed by atoms with E-state index in [-0.39, 0.29) is 0 Å². The fraction of sp³-hybridized carbons (Fsp3) is 0.500. The van der Waals surface area contributed by atoms with Crippen LogP contribution in [0.5, 0.6) is 5.75 Å². The molecule has 0 radical (unpaired) electrons. The van der Waals surface area contributed by atoms with Crippen molar-refractivity contribution in [2.75, 3.05) is 82.9 Å². The van der Waals surface area contributed by atoms with Crippen LogP contribution < -0.4 is 15.0 Å². The number of aromatic amines is 1. The van der Waals surface area contributed by atoms with Crippen LogP contribution in [-0.2, 0) is 4.74 Å². The Labute approximate surface area is 201 Å². The monoisotopic (exact) mass is 464 g/mol. The molecule has 0 unspecified atom stereocenters. The van der Waals surface area contributed by atoms with Crippen LogP contribution in [0.15, 0.2) is 30.3 Å². The maximum absolute atomic E-state index is 6.24. The molecule has 0 spiro atoms. The number of hydrogen-bond acceptors (Lipinski definition) is 7.